The molecule has 1 unspecified atom stereocenters. The molecule has 0 saturated carbocycles. The molecule has 0 radical (unpaired) electrons. The van der Waals surface area contributed by atoms with Gasteiger partial charge in [-0.3, -0.25) is 4.90 Å². The zero-order valence-corrected chi connectivity index (χ0v) is 13.4. The molecule has 2 rings (SSSR count). The maximum atomic E-state index is 6.09. The minimum absolute atomic E-state index is 0.399. The smallest absolute Gasteiger partial charge is 0.0470 e. The van der Waals surface area contributed by atoms with Crippen LogP contribution in [-0.2, 0) is 0 Å². The lowest BCUT2D eigenvalue weighted by molar-refractivity contribution is 0.131. The van der Waals surface area contributed by atoms with Crippen LogP contribution in [0.1, 0.15) is 55.3 Å². The summed E-state index contributed by atoms with van der Waals surface area (Å²) in [5, 5.41) is 0. The average Bonchev–Trinajstić information content (AvgIpc) is 2.41. The second kappa shape index (κ2) is 7.24. The van der Waals surface area contributed by atoms with Gasteiger partial charge in [-0.1, -0.05) is 49.1 Å². The van der Waals surface area contributed by atoms with Crippen LogP contribution >= 0.6 is 0 Å². The fourth-order valence-electron chi connectivity index (χ4n) is 3.66. The quantitative estimate of drug-likeness (QED) is 0.884. The molecule has 1 heterocycles. The first-order valence-electron chi connectivity index (χ1n) is 8.16. The topological polar surface area (TPSA) is 29.3 Å². The van der Waals surface area contributed by atoms with Gasteiger partial charge < -0.3 is 5.73 Å². The van der Waals surface area contributed by atoms with Crippen molar-refractivity contribution in [3.63, 3.8) is 0 Å². The summed E-state index contributed by atoms with van der Waals surface area (Å²) >= 11 is 0. The lowest BCUT2D eigenvalue weighted by atomic mass is 9.90. The number of benzene rings is 1. The summed E-state index contributed by atoms with van der Waals surface area (Å²) in [4.78, 5) is 2.60. The minimum Gasteiger partial charge on any atom is -0.329 e. The zero-order chi connectivity index (χ0) is 14.5. The third-order valence-corrected chi connectivity index (χ3v) is 4.64. The molecule has 1 aromatic rings. The zero-order valence-electron chi connectivity index (χ0n) is 13.4. The van der Waals surface area contributed by atoms with E-state index in [-0.39, 0.29) is 0 Å². The molecule has 0 amide bonds. The second-order valence-corrected chi connectivity index (χ2v) is 6.44. The third-order valence-electron chi connectivity index (χ3n) is 4.64. The molecule has 112 valence electrons. The van der Waals surface area contributed by atoms with Gasteiger partial charge in [-0.15, -0.1) is 0 Å². The van der Waals surface area contributed by atoms with Crippen LogP contribution in [0.4, 0.5) is 0 Å². The van der Waals surface area contributed by atoms with Crippen LogP contribution in [0, 0.1) is 19.8 Å². The average molecular weight is 274 g/mol. The molecule has 0 aromatic heterocycles. The standard InChI is InChI=1S/C18H30N2/c1-4-5-16-6-8-20(9-7-16)18(13-19)17-11-14(2)10-15(3)12-17/h10-12,16,18H,4-9,13,19H2,1-3H3. The Hall–Kier alpha value is -0.860. The molecular weight excluding hydrogens is 244 g/mol. The van der Waals surface area contributed by atoms with Gasteiger partial charge in [-0.2, -0.15) is 0 Å². The van der Waals surface area contributed by atoms with E-state index >= 15 is 0 Å². The Balaban J connectivity index is 2.05. The fourth-order valence-corrected chi connectivity index (χ4v) is 3.66. The Kier molecular flexibility index (Phi) is 5.62. The summed E-state index contributed by atoms with van der Waals surface area (Å²) in [6.45, 7) is 9.79. The van der Waals surface area contributed by atoms with E-state index in [1.807, 2.05) is 0 Å². The van der Waals surface area contributed by atoms with Crippen LogP contribution in [0.25, 0.3) is 0 Å². The normalized spacial score (nSPS) is 19.2. The third kappa shape index (κ3) is 3.83. The maximum absolute atomic E-state index is 6.09. The van der Waals surface area contributed by atoms with Gasteiger partial charge in [0.25, 0.3) is 0 Å². The molecule has 2 N–H and O–H groups in total. The molecule has 0 bridgehead atoms. The molecule has 2 heteroatoms. The van der Waals surface area contributed by atoms with Gasteiger partial charge in [-0.05, 0) is 51.3 Å². The van der Waals surface area contributed by atoms with Crippen LogP contribution in [-0.4, -0.2) is 24.5 Å². The molecule has 1 aromatic carbocycles. The van der Waals surface area contributed by atoms with Gasteiger partial charge in [0.15, 0.2) is 0 Å². The summed E-state index contributed by atoms with van der Waals surface area (Å²) < 4.78 is 0. The fraction of sp³-hybridized carbons (Fsp3) is 0.667. The first-order chi connectivity index (χ1) is 9.63. The predicted octanol–water partition coefficient (Wildman–Crippen LogP) is 3.82. The molecule has 1 aliphatic heterocycles. The van der Waals surface area contributed by atoms with E-state index in [0.717, 1.165) is 12.5 Å². The summed E-state index contributed by atoms with van der Waals surface area (Å²) in [5.74, 6) is 0.939. The van der Waals surface area contributed by atoms with E-state index in [1.54, 1.807) is 0 Å². The molecule has 0 aliphatic carbocycles. The van der Waals surface area contributed by atoms with Crippen LogP contribution in [0.2, 0.25) is 0 Å². The Morgan fingerprint density at radius 2 is 1.75 bits per heavy atom. The lowest BCUT2D eigenvalue weighted by Gasteiger charge is -2.37. The Morgan fingerprint density at radius 1 is 1.15 bits per heavy atom. The van der Waals surface area contributed by atoms with Crippen LogP contribution in [0.15, 0.2) is 18.2 Å². The maximum Gasteiger partial charge on any atom is 0.0470 e. The van der Waals surface area contributed by atoms with Gasteiger partial charge in [-0.25, -0.2) is 0 Å². The Labute approximate surface area is 124 Å². The summed E-state index contributed by atoms with van der Waals surface area (Å²) in [5.41, 5.74) is 10.2. The summed E-state index contributed by atoms with van der Waals surface area (Å²) in [6.07, 6.45) is 5.40. The van der Waals surface area contributed by atoms with E-state index in [4.69, 9.17) is 5.73 Å². The lowest BCUT2D eigenvalue weighted by Crippen LogP contribution is -2.39. The predicted molar refractivity (Wildman–Crippen MR) is 86.9 cm³/mol. The molecule has 2 nitrogen and oxygen atoms in total. The van der Waals surface area contributed by atoms with Crippen molar-refractivity contribution >= 4 is 0 Å². The van der Waals surface area contributed by atoms with Gasteiger partial charge in [0, 0.05) is 12.6 Å². The van der Waals surface area contributed by atoms with Crippen molar-refractivity contribution in [3.8, 4) is 0 Å². The largest absolute Gasteiger partial charge is 0.329 e. The van der Waals surface area contributed by atoms with Crippen LogP contribution < -0.4 is 5.73 Å². The van der Waals surface area contributed by atoms with Crippen LogP contribution in [0.3, 0.4) is 0 Å². The Bertz CT molecular complexity index is 399. The van der Waals surface area contributed by atoms with Crippen molar-refractivity contribution in [2.24, 2.45) is 11.7 Å². The minimum atomic E-state index is 0.399. The first kappa shape index (κ1) is 15.5. The van der Waals surface area contributed by atoms with Crippen molar-refractivity contribution in [2.75, 3.05) is 19.6 Å². The first-order valence-corrected chi connectivity index (χ1v) is 8.16. The van der Waals surface area contributed by atoms with Gasteiger partial charge in [0.2, 0.25) is 0 Å². The summed E-state index contributed by atoms with van der Waals surface area (Å²) in [6, 6.07) is 7.26. The van der Waals surface area contributed by atoms with E-state index in [9.17, 15) is 0 Å². The van der Waals surface area contributed by atoms with Gasteiger partial charge in [0.05, 0.1) is 0 Å². The molecule has 1 aliphatic rings. The highest BCUT2D eigenvalue weighted by molar-refractivity contribution is 5.31. The van der Waals surface area contributed by atoms with Crippen molar-refractivity contribution in [3.05, 3.63) is 34.9 Å². The van der Waals surface area contributed by atoms with Crippen LogP contribution in [0.5, 0.6) is 0 Å². The van der Waals surface area contributed by atoms with Crippen molar-refractivity contribution < 1.29 is 0 Å². The number of aryl methyl sites for hydroxylation is 2. The van der Waals surface area contributed by atoms with Gasteiger partial charge >= 0.3 is 0 Å². The second-order valence-electron chi connectivity index (χ2n) is 6.44. The SMILES string of the molecule is CCCC1CCN(C(CN)c2cc(C)cc(C)c2)CC1. The van der Waals surface area contributed by atoms with Crippen molar-refractivity contribution in [2.45, 2.75) is 52.5 Å². The number of nitrogens with two attached hydrogens (primary N) is 1. The number of piperidine rings is 1. The van der Waals surface area contributed by atoms with E-state index < -0.39 is 0 Å². The monoisotopic (exact) mass is 274 g/mol. The highest BCUT2D eigenvalue weighted by Gasteiger charge is 2.25. The number of likely N-dealkylation sites (tertiary alicyclic amines) is 1. The molecule has 1 saturated heterocycles. The number of hydrogen-bond acceptors (Lipinski definition) is 2. The van der Waals surface area contributed by atoms with Crippen molar-refractivity contribution in [1.29, 1.82) is 0 Å². The van der Waals surface area contributed by atoms with Gasteiger partial charge in [0.1, 0.15) is 0 Å². The van der Waals surface area contributed by atoms with E-state index in [0.29, 0.717) is 6.04 Å². The van der Waals surface area contributed by atoms with E-state index in [2.05, 4.69) is 43.9 Å². The highest BCUT2D eigenvalue weighted by atomic mass is 15.2. The number of rotatable bonds is 5. The summed E-state index contributed by atoms with van der Waals surface area (Å²) in [7, 11) is 0. The van der Waals surface area contributed by atoms with Crippen molar-refractivity contribution in [1.82, 2.24) is 4.90 Å². The molecule has 20 heavy (non-hydrogen) atoms. The van der Waals surface area contributed by atoms with E-state index in [1.165, 1.54) is 55.5 Å². The molecule has 0 spiro atoms. The highest BCUT2D eigenvalue weighted by Crippen LogP contribution is 2.29. The number of nitrogens with zero attached hydrogens (tertiary/aromatic N) is 1. The molecule has 1 atom stereocenters. The molecule has 1 fully saturated rings. The molecular formula is C18H30N2. The Morgan fingerprint density at radius 3 is 2.25 bits per heavy atom. The number of hydrogen-bond donors (Lipinski definition) is 1.